The van der Waals surface area contributed by atoms with E-state index in [0.29, 0.717) is 11.5 Å². The van der Waals surface area contributed by atoms with Gasteiger partial charge < -0.3 is 14.9 Å². The molecule has 0 aromatic carbocycles. The summed E-state index contributed by atoms with van der Waals surface area (Å²) in [5.74, 6) is -0.950. The van der Waals surface area contributed by atoms with E-state index in [-0.39, 0.29) is 38.7 Å². The van der Waals surface area contributed by atoms with Crippen molar-refractivity contribution < 1.29 is 19.5 Å². The van der Waals surface area contributed by atoms with Gasteiger partial charge in [-0.2, -0.15) is 0 Å². The molecule has 5 aliphatic carbocycles. The second kappa shape index (κ2) is 8.44. The predicted molar refractivity (Wildman–Crippen MR) is 153 cm³/mol. The van der Waals surface area contributed by atoms with Crippen molar-refractivity contribution in [3.63, 3.8) is 0 Å². The van der Waals surface area contributed by atoms with Crippen LogP contribution in [0.4, 0.5) is 0 Å². The Morgan fingerprint density at radius 2 is 1.54 bits per heavy atom. The first-order chi connectivity index (χ1) is 18.0. The average Bonchev–Trinajstić information content (AvgIpc) is 2.89. The number of fused-ring (bicyclic) bond motifs is 7. The summed E-state index contributed by atoms with van der Waals surface area (Å²) in [5.41, 5.74) is 3.58. The lowest BCUT2D eigenvalue weighted by Gasteiger charge is -2.70. The Bertz CT molecular complexity index is 1300. The van der Waals surface area contributed by atoms with Crippen LogP contribution >= 0.6 is 0 Å². The van der Waals surface area contributed by atoms with Gasteiger partial charge in [0.1, 0.15) is 0 Å². The van der Waals surface area contributed by atoms with Crippen LogP contribution in [0.15, 0.2) is 46.3 Å². The van der Waals surface area contributed by atoms with Crippen LogP contribution in [-0.2, 0) is 14.4 Å². The van der Waals surface area contributed by atoms with E-state index in [4.69, 9.17) is 0 Å². The first-order valence-corrected chi connectivity index (χ1v) is 14.5. The van der Waals surface area contributed by atoms with Crippen molar-refractivity contribution in [2.75, 3.05) is 21.1 Å². The zero-order valence-electron chi connectivity index (χ0n) is 25.3. The van der Waals surface area contributed by atoms with Gasteiger partial charge in [0.2, 0.25) is 5.78 Å². The fourth-order valence-corrected chi connectivity index (χ4v) is 9.32. The number of carbonyl (C=O) groups is 3. The van der Waals surface area contributed by atoms with Gasteiger partial charge in [-0.3, -0.25) is 14.4 Å². The highest BCUT2D eigenvalue weighted by molar-refractivity contribution is 6.34. The summed E-state index contributed by atoms with van der Waals surface area (Å²) >= 11 is 0. The molecule has 6 heteroatoms. The van der Waals surface area contributed by atoms with Crippen LogP contribution in [0, 0.1) is 27.6 Å². The molecule has 5 rings (SSSR count). The van der Waals surface area contributed by atoms with Crippen LogP contribution in [0.5, 0.6) is 0 Å². The van der Waals surface area contributed by atoms with Crippen LogP contribution in [-0.4, -0.2) is 59.2 Å². The molecule has 3 saturated carbocycles. The van der Waals surface area contributed by atoms with E-state index in [1.54, 1.807) is 25.1 Å². The van der Waals surface area contributed by atoms with Gasteiger partial charge >= 0.3 is 11.8 Å². The lowest BCUT2D eigenvalue weighted by Crippen LogP contribution is -2.65. The zero-order chi connectivity index (χ0) is 28.9. The molecule has 0 radical (unpaired) electrons. The van der Waals surface area contributed by atoms with Gasteiger partial charge in [0.25, 0.3) is 0 Å². The van der Waals surface area contributed by atoms with Crippen molar-refractivity contribution in [3.8, 4) is 0 Å². The van der Waals surface area contributed by atoms with Crippen LogP contribution in [0.3, 0.4) is 0 Å². The number of carbonyl (C=O) groups excluding carboxylic acids is 3. The van der Waals surface area contributed by atoms with Gasteiger partial charge in [-0.05, 0) is 98.2 Å². The molecule has 0 aliphatic heterocycles. The van der Waals surface area contributed by atoms with Crippen molar-refractivity contribution in [1.82, 2.24) is 9.80 Å². The molecule has 3 fully saturated rings. The lowest BCUT2D eigenvalue weighted by molar-refractivity contribution is -0.173. The van der Waals surface area contributed by atoms with E-state index in [1.165, 1.54) is 10.5 Å². The lowest BCUT2D eigenvalue weighted by atomic mass is 9.35. The second-order valence-electron chi connectivity index (χ2n) is 14.6. The van der Waals surface area contributed by atoms with Gasteiger partial charge in [0, 0.05) is 37.7 Å². The summed E-state index contributed by atoms with van der Waals surface area (Å²) in [5, 5.41) is 10.4. The largest absolute Gasteiger partial charge is 0.504 e. The Labute approximate surface area is 233 Å². The Hall–Kier alpha value is -2.63. The molecule has 0 aromatic heterocycles. The molecular formula is C33H46N2O4. The molecule has 212 valence electrons. The summed E-state index contributed by atoms with van der Waals surface area (Å²) in [6, 6.07) is 0. The van der Waals surface area contributed by atoms with E-state index in [1.807, 2.05) is 14.0 Å². The number of ketones is 1. The van der Waals surface area contributed by atoms with E-state index in [2.05, 4.69) is 46.8 Å². The second-order valence-corrected chi connectivity index (χ2v) is 14.6. The first-order valence-electron chi connectivity index (χ1n) is 14.5. The molecule has 1 N–H and O–H groups in total. The summed E-state index contributed by atoms with van der Waals surface area (Å²) in [6.07, 6.45) is 13.1. The number of nitrogens with zero attached hydrogens (tertiary/aromatic N) is 2. The topological polar surface area (TPSA) is 77.9 Å². The van der Waals surface area contributed by atoms with Crippen molar-refractivity contribution >= 4 is 17.6 Å². The summed E-state index contributed by atoms with van der Waals surface area (Å²) in [4.78, 5) is 41.6. The zero-order valence-corrected chi connectivity index (χ0v) is 25.3. The number of hydrogen-bond donors (Lipinski definition) is 1. The quantitative estimate of drug-likeness (QED) is 0.424. The molecule has 0 spiro atoms. The summed E-state index contributed by atoms with van der Waals surface area (Å²) in [7, 11) is 5.07. The van der Waals surface area contributed by atoms with Crippen LogP contribution in [0.2, 0.25) is 0 Å². The molecule has 0 unspecified atom stereocenters. The Balaban J connectivity index is 1.56. The maximum absolute atomic E-state index is 13.2. The summed E-state index contributed by atoms with van der Waals surface area (Å²) in [6.45, 7) is 13.7. The Morgan fingerprint density at radius 3 is 2.18 bits per heavy atom. The minimum atomic E-state index is -0.471. The third-order valence-corrected chi connectivity index (χ3v) is 12.6. The molecule has 6 nitrogen and oxygen atoms in total. The van der Waals surface area contributed by atoms with Crippen molar-refractivity contribution in [1.29, 1.82) is 0 Å². The molecule has 0 aromatic rings. The number of hydrogen-bond acceptors (Lipinski definition) is 4. The third-order valence-electron chi connectivity index (χ3n) is 12.6. The number of amides is 2. The minimum absolute atomic E-state index is 0.0000692. The SMILES string of the molecule is CC1=C(O)C(=O)C=C2C1=CC=C1[C@@]2(C)CC[C@@]2(C)[C@@H]3C[C@](C)(N(C)C(=O)C(=O)N(C)C)CC[C@]3(C)CC[C@]12C. The number of rotatable bonds is 1. The maximum atomic E-state index is 13.2. The highest BCUT2D eigenvalue weighted by Crippen LogP contribution is 2.75. The van der Waals surface area contributed by atoms with Crippen molar-refractivity contribution in [2.45, 2.75) is 92.0 Å². The minimum Gasteiger partial charge on any atom is -0.504 e. The van der Waals surface area contributed by atoms with E-state index in [9.17, 15) is 19.5 Å². The molecule has 0 bridgehead atoms. The van der Waals surface area contributed by atoms with Gasteiger partial charge in [0.15, 0.2) is 5.76 Å². The van der Waals surface area contributed by atoms with Gasteiger partial charge in [-0.1, -0.05) is 45.4 Å². The predicted octanol–water partition coefficient (Wildman–Crippen LogP) is 5.91. The smallest absolute Gasteiger partial charge is 0.312 e. The molecule has 5 aliphatic rings. The third kappa shape index (κ3) is 3.55. The molecule has 2 amide bonds. The number of aliphatic hydroxyl groups is 1. The molecule has 0 heterocycles. The Kier molecular flexibility index (Phi) is 6.04. The Morgan fingerprint density at radius 1 is 0.897 bits per heavy atom. The average molecular weight is 535 g/mol. The highest BCUT2D eigenvalue weighted by Gasteiger charge is 2.67. The number of aliphatic hydroxyl groups excluding tert-OH is 1. The fourth-order valence-electron chi connectivity index (χ4n) is 9.32. The highest BCUT2D eigenvalue weighted by atomic mass is 16.3. The number of likely N-dealkylation sites (N-methyl/N-ethyl adjacent to an activating group) is 2. The molecular weight excluding hydrogens is 488 g/mol. The standard InChI is InChI=1S/C33H46N2O4/c1-20-21-10-11-24-31(4,22(21)18-23(36)26(20)37)15-17-33(6)25-19-30(3,35(9)28(39)27(38)34(7)8)14-12-29(25,2)13-16-32(24,33)5/h10-11,18,25,37H,12-17,19H2,1-9H3/t25-,29-,30-,31+,32-,33+/m1/s1. The fraction of sp³-hybridized carbons (Fsp3) is 0.667. The number of allylic oxidation sites excluding steroid dienone is 7. The molecule has 0 saturated heterocycles. The molecule has 39 heavy (non-hydrogen) atoms. The van der Waals surface area contributed by atoms with Gasteiger partial charge in [-0.15, -0.1) is 0 Å². The normalized spacial score (nSPS) is 41.2. The first kappa shape index (κ1) is 27.9. The molecule has 6 atom stereocenters. The van der Waals surface area contributed by atoms with E-state index >= 15 is 0 Å². The van der Waals surface area contributed by atoms with Crippen molar-refractivity contribution in [2.24, 2.45) is 27.6 Å². The monoisotopic (exact) mass is 534 g/mol. The van der Waals surface area contributed by atoms with Crippen LogP contribution in [0.1, 0.15) is 86.5 Å². The van der Waals surface area contributed by atoms with E-state index < -0.39 is 11.8 Å². The van der Waals surface area contributed by atoms with Crippen LogP contribution < -0.4 is 0 Å². The van der Waals surface area contributed by atoms with Gasteiger partial charge in [-0.25, -0.2) is 0 Å². The van der Waals surface area contributed by atoms with Gasteiger partial charge in [0.05, 0.1) is 0 Å². The van der Waals surface area contributed by atoms with E-state index in [0.717, 1.165) is 56.1 Å². The maximum Gasteiger partial charge on any atom is 0.312 e. The summed E-state index contributed by atoms with van der Waals surface area (Å²) < 4.78 is 0. The van der Waals surface area contributed by atoms with Crippen LogP contribution in [0.25, 0.3) is 0 Å². The van der Waals surface area contributed by atoms with Crippen molar-refractivity contribution in [3.05, 3.63) is 46.3 Å².